The van der Waals surface area contributed by atoms with Crippen molar-refractivity contribution in [2.24, 2.45) is 7.05 Å². The first-order valence-corrected chi connectivity index (χ1v) is 7.36. The van der Waals surface area contributed by atoms with Crippen LogP contribution in [-0.2, 0) is 20.1 Å². The van der Waals surface area contributed by atoms with Crippen LogP contribution in [0.25, 0.3) is 0 Å². The molecule has 0 spiro atoms. The second-order valence-corrected chi connectivity index (χ2v) is 5.75. The highest BCUT2D eigenvalue weighted by atomic mass is 79.9. The number of hydrogen-bond donors (Lipinski definition) is 0. The minimum atomic E-state index is 0.332. The fraction of sp³-hybridized carbons (Fsp3) is 0.308. The summed E-state index contributed by atoms with van der Waals surface area (Å²) >= 11 is 15.7. The molecule has 0 saturated heterocycles. The van der Waals surface area contributed by atoms with E-state index in [1.165, 1.54) is 0 Å². The van der Waals surface area contributed by atoms with Gasteiger partial charge in [-0.3, -0.25) is 4.68 Å². The van der Waals surface area contributed by atoms with Gasteiger partial charge in [0.25, 0.3) is 0 Å². The summed E-state index contributed by atoms with van der Waals surface area (Å²) in [6.07, 6.45) is 0.796. The Bertz CT molecular complexity index is 599. The van der Waals surface area contributed by atoms with E-state index in [0.717, 1.165) is 22.3 Å². The SMILES string of the molecule is CCc1nn(C)c(COc2cc(Br)ccc2Cl)c1Cl. The fourth-order valence-electron chi connectivity index (χ4n) is 1.71. The molecule has 19 heavy (non-hydrogen) atoms. The molecule has 102 valence electrons. The molecule has 0 aliphatic carbocycles. The molecule has 3 nitrogen and oxygen atoms in total. The van der Waals surface area contributed by atoms with E-state index in [4.69, 9.17) is 27.9 Å². The van der Waals surface area contributed by atoms with Crippen molar-refractivity contribution in [1.82, 2.24) is 9.78 Å². The molecule has 0 saturated carbocycles. The van der Waals surface area contributed by atoms with Crippen LogP contribution in [0.5, 0.6) is 5.75 Å². The molecule has 0 aliphatic heterocycles. The molecule has 0 aliphatic rings. The second-order valence-electron chi connectivity index (χ2n) is 4.05. The average Bonchev–Trinajstić information content (AvgIpc) is 2.66. The highest BCUT2D eigenvalue weighted by molar-refractivity contribution is 9.10. The van der Waals surface area contributed by atoms with Crippen LogP contribution in [0.3, 0.4) is 0 Å². The van der Waals surface area contributed by atoms with Crippen LogP contribution in [0.1, 0.15) is 18.3 Å². The van der Waals surface area contributed by atoms with Crippen LogP contribution in [0.2, 0.25) is 10.0 Å². The smallest absolute Gasteiger partial charge is 0.139 e. The number of halogens is 3. The third kappa shape index (κ3) is 3.25. The Kier molecular flexibility index (Phi) is 4.76. The molecular weight excluding hydrogens is 351 g/mol. The Balaban J connectivity index is 2.19. The summed E-state index contributed by atoms with van der Waals surface area (Å²) in [6.45, 7) is 2.35. The van der Waals surface area contributed by atoms with Crippen molar-refractivity contribution in [2.75, 3.05) is 0 Å². The van der Waals surface area contributed by atoms with Gasteiger partial charge in [0.2, 0.25) is 0 Å². The number of rotatable bonds is 4. The summed E-state index contributed by atoms with van der Waals surface area (Å²) < 4.78 is 8.37. The first-order chi connectivity index (χ1) is 9.02. The minimum absolute atomic E-state index is 0.332. The molecule has 0 unspecified atom stereocenters. The van der Waals surface area contributed by atoms with Crippen molar-refractivity contribution in [3.05, 3.63) is 44.1 Å². The summed E-state index contributed by atoms with van der Waals surface area (Å²) in [5, 5.41) is 5.57. The van der Waals surface area contributed by atoms with Gasteiger partial charge in [-0.05, 0) is 24.6 Å². The van der Waals surface area contributed by atoms with Gasteiger partial charge in [-0.2, -0.15) is 5.10 Å². The summed E-state index contributed by atoms with van der Waals surface area (Å²) in [7, 11) is 1.85. The Morgan fingerprint density at radius 2 is 2.11 bits per heavy atom. The summed E-state index contributed by atoms with van der Waals surface area (Å²) in [5.74, 6) is 0.617. The maximum absolute atomic E-state index is 6.26. The van der Waals surface area contributed by atoms with Crippen LogP contribution in [0, 0.1) is 0 Å². The monoisotopic (exact) mass is 362 g/mol. The van der Waals surface area contributed by atoms with E-state index in [-0.39, 0.29) is 0 Å². The molecule has 1 aromatic carbocycles. The van der Waals surface area contributed by atoms with Gasteiger partial charge in [0.1, 0.15) is 12.4 Å². The number of ether oxygens (including phenoxy) is 1. The number of benzene rings is 1. The Morgan fingerprint density at radius 1 is 1.37 bits per heavy atom. The first kappa shape index (κ1) is 14.7. The zero-order valence-electron chi connectivity index (χ0n) is 10.6. The lowest BCUT2D eigenvalue weighted by atomic mass is 10.3. The lowest BCUT2D eigenvalue weighted by Gasteiger charge is -2.09. The van der Waals surface area contributed by atoms with Gasteiger partial charge >= 0.3 is 0 Å². The molecule has 0 bridgehead atoms. The second kappa shape index (κ2) is 6.16. The van der Waals surface area contributed by atoms with Gasteiger partial charge in [0.15, 0.2) is 0 Å². The van der Waals surface area contributed by atoms with Crippen LogP contribution < -0.4 is 4.74 Å². The lowest BCUT2D eigenvalue weighted by molar-refractivity contribution is 0.295. The third-order valence-corrected chi connectivity index (χ3v) is 4.00. The lowest BCUT2D eigenvalue weighted by Crippen LogP contribution is -2.03. The third-order valence-electron chi connectivity index (χ3n) is 2.76. The van der Waals surface area contributed by atoms with E-state index in [2.05, 4.69) is 21.0 Å². The van der Waals surface area contributed by atoms with Crippen molar-refractivity contribution in [1.29, 1.82) is 0 Å². The maximum atomic E-state index is 6.26. The normalized spacial score (nSPS) is 10.8. The molecule has 2 aromatic rings. The Morgan fingerprint density at radius 3 is 2.74 bits per heavy atom. The number of aromatic nitrogens is 2. The van der Waals surface area contributed by atoms with E-state index >= 15 is 0 Å². The predicted octanol–water partition coefficient (Wildman–Crippen LogP) is 4.63. The van der Waals surface area contributed by atoms with E-state index in [1.54, 1.807) is 10.7 Å². The van der Waals surface area contributed by atoms with E-state index in [9.17, 15) is 0 Å². The highest BCUT2D eigenvalue weighted by Crippen LogP contribution is 2.29. The molecule has 2 rings (SSSR count). The molecule has 0 amide bonds. The summed E-state index contributed by atoms with van der Waals surface area (Å²) in [5.41, 5.74) is 1.72. The van der Waals surface area contributed by atoms with Gasteiger partial charge in [-0.15, -0.1) is 0 Å². The van der Waals surface area contributed by atoms with Crippen molar-refractivity contribution in [2.45, 2.75) is 20.0 Å². The minimum Gasteiger partial charge on any atom is -0.486 e. The standard InChI is InChI=1S/C13H13BrCl2N2O/c1-3-10-13(16)11(18(2)17-10)7-19-12-6-8(14)4-5-9(12)15/h4-6H,3,7H2,1-2H3. The molecule has 0 fully saturated rings. The van der Waals surface area contributed by atoms with Crippen LogP contribution >= 0.6 is 39.1 Å². The quantitative estimate of drug-likeness (QED) is 0.791. The molecule has 1 aromatic heterocycles. The molecule has 0 N–H and O–H groups in total. The Hall–Kier alpha value is -0.710. The van der Waals surface area contributed by atoms with E-state index < -0.39 is 0 Å². The van der Waals surface area contributed by atoms with Crippen LogP contribution in [-0.4, -0.2) is 9.78 Å². The largest absolute Gasteiger partial charge is 0.486 e. The number of hydrogen-bond acceptors (Lipinski definition) is 2. The van der Waals surface area contributed by atoms with Crippen LogP contribution in [0.15, 0.2) is 22.7 Å². The predicted molar refractivity (Wildman–Crippen MR) is 81.1 cm³/mol. The van der Waals surface area contributed by atoms with E-state index in [0.29, 0.717) is 22.4 Å². The molecule has 6 heteroatoms. The molecule has 0 atom stereocenters. The first-order valence-electron chi connectivity index (χ1n) is 5.81. The number of aryl methyl sites for hydroxylation is 2. The van der Waals surface area contributed by atoms with Crippen molar-refractivity contribution in [3.63, 3.8) is 0 Å². The van der Waals surface area contributed by atoms with Gasteiger partial charge in [0, 0.05) is 11.5 Å². The maximum Gasteiger partial charge on any atom is 0.139 e. The van der Waals surface area contributed by atoms with Gasteiger partial charge in [-0.1, -0.05) is 46.1 Å². The van der Waals surface area contributed by atoms with Gasteiger partial charge in [0.05, 0.1) is 21.4 Å². The topological polar surface area (TPSA) is 27.1 Å². The van der Waals surface area contributed by atoms with Crippen molar-refractivity contribution in [3.8, 4) is 5.75 Å². The van der Waals surface area contributed by atoms with Crippen molar-refractivity contribution >= 4 is 39.1 Å². The average molecular weight is 364 g/mol. The fourth-order valence-corrected chi connectivity index (χ4v) is 2.57. The molecule has 0 radical (unpaired) electrons. The summed E-state index contributed by atoms with van der Waals surface area (Å²) in [6, 6.07) is 5.47. The highest BCUT2D eigenvalue weighted by Gasteiger charge is 2.14. The summed E-state index contributed by atoms with van der Waals surface area (Å²) in [4.78, 5) is 0. The zero-order valence-corrected chi connectivity index (χ0v) is 13.7. The molecular formula is C13H13BrCl2N2O. The van der Waals surface area contributed by atoms with Gasteiger partial charge < -0.3 is 4.74 Å². The van der Waals surface area contributed by atoms with E-state index in [1.807, 2.05) is 26.1 Å². The zero-order chi connectivity index (χ0) is 14.0. The van der Waals surface area contributed by atoms with Gasteiger partial charge in [-0.25, -0.2) is 0 Å². The number of nitrogens with zero attached hydrogens (tertiary/aromatic N) is 2. The van der Waals surface area contributed by atoms with Crippen molar-refractivity contribution < 1.29 is 4.74 Å². The Labute approximate surface area is 130 Å². The molecule has 1 heterocycles. The van der Waals surface area contributed by atoms with Crippen LogP contribution in [0.4, 0.5) is 0 Å².